The van der Waals surface area contributed by atoms with Crippen LogP contribution in [-0.2, 0) is 4.79 Å². The van der Waals surface area contributed by atoms with E-state index in [2.05, 4.69) is 26.0 Å². The monoisotopic (exact) mass is 168 g/mol. The van der Waals surface area contributed by atoms with Crippen molar-refractivity contribution >= 4 is 6.29 Å². The fourth-order valence-corrected chi connectivity index (χ4v) is 1.07. The Bertz CT molecular complexity index is 127. The van der Waals surface area contributed by atoms with Crippen LogP contribution in [0.4, 0.5) is 0 Å². The Kier molecular flexibility index (Phi) is 8.09. The molecule has 0 aliphatic carbocycles. The Morgan fingerprint density at radius 2 is 2.08 bits per heavy atom. The Hall–Kier alpha value is -0.590. The molecule has 0 aromatic heterocycles. The summed E-state index contributed by atoms with van der Waals surface area (Å²) in [5.41, 5.74) is 0. The molecule has 0 aliphatic heterocycles. The van der Waals surface area contributed by atoms with Crippen molar-refractivity contribution in [3.63, 3.8) is 0 Å². The van der Waals surface area contributed by atoms with Crippen molar-refractivity contribution in [2.24, 2.45) is 5.92 Å². The predicted molar refractivity (Wildman–Crippen MR) is 53.1 cm³/mol. The summed E-state index contributed by atoms with van der Waals surface area (Å²) < 4.78 is 0. The van der Waals surface area contributed by atoms with Crippen molar-refractivity contribution in [2.45, 2.75) is 46.0 Å². The van der Waals surface area contributed by atoms with Crippen LogP contribution < -0.4 is 0 Å². The highest BCUT2D eigenvalue weighted by Gasteiger charge is 1.92. The molecule has 0 N–H and O–H groups in total. The number of allylic oxidation sites excluding steroid dienone is 2. The van der Waals surface area contributed by atoms with Crippen molar-refractivity contribution in [3.05, 3.63) is 12.2 Å². The number of hydrogen-bond acceptors (Lipinski definition) is 1. The van der Waals surface area contributed by atoms with Gasteiger partial charge in [-0.05, 0) is 18.8 Å². The lowest BCUT2D eigenvalue weighted by Crippen LogP contribution is -1.89. The molecule has 0 radical (unpaired) electrons. The molecule has 0 fully saturated rings. The third kappa shape index (κ3) is 7.52. The number of hydrogen-bond donors (Lipinski definition) is 0. The smallest absolute Gasteiger partial charge is 0.120 e. The second-order valence-corrected chi connectivity index (χ2v) is 3.30. The van der Waals surface area contributed by atoms with Crippen LogP contribution in [0, 0.1) is 5.92 Å². The van der Waals surface area contributed by atoms with Gasteiger partial charge in [-0.25, -0.2) is 0 Å². The minimum absolute atomic E-state index is 0.420. The van der Waals surface area contributed by atoms with Gasteiger partial charge < -0.3 is 4.79 Å². The quantitative estimate of drug-likeness (QED) is 0.324. The van der Waals surface area contributed by atoms with Gasteiger partial charge in [-0.15, -0.1) is 0 Å². The molecule has 0 heterocycles. The topological polar surface area (TPSA) is 17.1 Å². The average Bonchev–Trinajstić information content (AvgIpc) is 2.05. The van der Waals surface area contributed by atoms with E-state index in [0.717, 1.165) is 12.7 Å². The average molecular weight is 168 g/mol. The summed E-state index contributed by atoms with van der Waals surface area (Å²) in [6, 6.07) is 0. The van der Waals surface area contributed by atoms with Crippen LogP contribution in [0.25, 0.3) is 0 Å². The molecular formula is C11H20O. The van der Waals surface area contributed by atoms with Crippen LogP contribution in [-0.4, -0.2) is 6.29 Å². The molecule has 12 heavy (non-hydrogen) atoms. The normalized spacial score (nSPS) is 13.5. The van der Waals surface area contributed by atoms with Crippen LogP contribution in [0.2, 0.25) is 0 Å². The van der Waals surface area contributed by atoms with Crippen molar-refractivity contribution < 1.29 is 4.79 Å². The van der Waals surface area contributed by atoms with Crippen LogP contribution in [0.3, 0.4) is 0 Å². The highest BCUT2D eigenvalue weighted by Crippen LogP contribution is 2.04. The Morgan fingerprint density at radius 1 is 1.33 bits per heavy atom. The molecule has 0 aromatic carbocycles. The van der Waals surface area contributed by atoms with Crippen molar-refractivity contribution in [2.75, 3.05) is 0 Å². The molecule has 0 aliphatic rings. The second-order valence-electron chi connectivity index (χ2n) is 3.30. The Morgan fingerprint density at radius 3 is 2.67 bits per heavy atom. The third-order valence-corrected chi connectivity index (χ3v) is 1.91. The van der Waals surface area contributed by atoms with Gasteiger partial charge in [0.15, 0.2) is 0 Å². The van der Waals surface area contributed by atoms with Gasteiger partial charge in [-0.1, -0.05) is 38.8 Å². The number of carbonyl (C=O) groups excluding carboxylic acids is 1. The van der Waals surface area contributed by atoms with E-state index in [1.165, 1.54) is 19.3 Å². The number of aldehydes is 1. The van der Waals surface area contributed by atoms with Gasteiger partial charge in [-0.2, -0.15) is 0 Å². The standard InChI is InChI=1S/C11H20O/c1-3-4-5-6-7-8-11(2)9-10-12/h7-8,10-11H,3-6,9H2,1-2H3/b8-7+. The molecule has 0 saturated carbocycles. The van der Waals surface area contributed by atoms with E-state index < -0.39 is 0 Å². The van der Waals surface area contributed by atoms with Gasteiger partial charge in [-0.3, -0.25) is 0 Å². The molecule has 1 heteroatoms. The van der Waals surface area contributed by atoms with E-state index >= 15 is 0 Å². The zero-order valence-electron chi connectivity index (χ0n) is 8.25. The fourth-order valence-electron chi connectivity index (χ4n) is 1.07. The first-order chi connectivity index (χ1) is 5.81. The van der Waals surface area contributed by atoms with Crippen molar-refractivity contribution in [3.8, 4) is 0 Å². The molecule has 0 spiro atoms. The maximum absolute atomic E-state index is 10.1. The van der Waals surface area contributed by atoms with E-state index in [9.17, 15) is 4.79 Å². The van der Waals surface area contributed by atoms with Gasteiger partial charge >= 0.3 is 0 Å². The Balaban J connectivity index is 3.28. The molecule has 1 atom stereocenters. The molecule has 0 aromatic rings. The highest BCUT2D eigenvalue weighted by atomic mass is 16.1. The highest BCUT2D eigenvalue weighted by molar-refractivity contribution is 5.50. The zero-order chi connectivity index (χ0) is 9.23. The van der Waals surface area contributed by atoms with Gasteiger partial charge in [0.2, 0.25) is 0 Å². The maximum atomic E-state index is 10.1. The molecular weight excluding hydrogens is 148 g/mol. The van der Waals surface area contributed by atoms with Crippen LogP contribution in [0.1, 0.15) is 46.0 Å². The number of unbranched alkanes of at least 4 members (excludes halogenated alkanes) is 3. The van der Waals surface area contributed by atoms with Gasteiger partial charge in [0.05, 0.1) is 0 Å². The lowest BCUT2D eigenvalue weighted by Gasteiger charge is -1.98. The summed E-state index contributed by atoms with van der Waals surface area (Å²) in [4.78, 5) is 10.1. The largest absolute Gasteiger partial charge is 0.303 e. The van der Waals surface area contributed by atoms with E-state index in [-0.39, 0.29) is 0 Å². The first kappa shape index (κ1) is 11.4. The fraction of sp³-hybridized carbons (Fsp3) is 0.727. The van der Waals surface area contributed by atoms with E-state index in [1.54, 1.807) is 0 Å². The van der Waals surface area contributed by atoms with Crippen LogP contribution in [0.15, 0.2) is 12.2 Å². The molecule has 1 unspecified atom stereocenters. The summed E-state index contributed by atoms with van der Waals surface area (Å²) in [5.74, 6) is 0.420. The minimum Gasteiger partial charge on any atom is -0.303 e. The van der Waals surface area contributed by atoms with Gasteiger partial charge in [0, 0.05) is 6.42 Å². The second kappa shape index (κ2) is 8.51. The first-order valence-electron chi connectivity index (χ1n) is 4.91. The van der Waals surface area contributed by atoms with Crippen molar-refractivity contribution in [1.29, 1.82) is 0 Å². The zero-order valence-corrected chi connectivity index (χ0v) is 8.25. The van der Waals surface area contributed by atoms with Crippen LogP contribution >= 0.6 is 0 Å². The van der Waals surface area contributed by atoms with Gasteiger partial charge in [0.1, 0.15) is 6.29 Å². The van der Waals surface area contributed by atoms with E-state index in [0.29, 0.717) is 12.3 Å². The lowest BCUT2D eigenvalue weighted by molar-refractivity contribution is -0.108. The lowest BCUT2D eigenvalue weighted by atomic mass is 10.1. The molecule has 0 amide bonds. The van der Waals surface area contributed by atoms with Gasteiger partial charge in [0.25, 0.3) is 0 Å². The number of carbonyl (C=O) groups is 1. The Labute approximate surface area is 75.9 Å². The van der Waals surface area contributed by atoms with E-state index in [4.69, 9.17) is 0 Å². The molecule has 1 nitrogen and oxygen atoms in total. The molecule has 0 saturated heterocycles. The van der Waals surface area contributed by atoms with E-state index in [1.807, 2.05) is 0 Å². The molecule has 0 rings (SSSR count). The molecule has 70 valence electrons. The minimum atomic E-state index is 0.420. The first-order valence-corrected chi connectivity index (χ1v) is 4.91. The summed E-state index contributed by atoms with van der Waals surface area (Å²) in [5, 5.41) is 0. The summed E-state index contributed by atoms with van der Waals surface area (Å²) in [6.07, 6.45) is 11.0. The SMILES string of the molecule is CCCCC/C=C/C(C)CC=O. The molecule has 0 bridgehead atoms. The van der Waals surface area contributed by atoms with Crippen molar-refractivity contribution in [1.82, 2.24) is 0 Å². The summed E-state index contributed by atoms with van der Waals surface area (Å²) >= 11 is 0. The van der Waals surface area contributed by atoms with Crippen LogP contribution in [0.5, 0.6) is 0 Å². The summed E-state index contributed by atoms with van der Waals surface area (Å²) in [6.45, 7) is 4.28. The predicted octanol–water partition coefficient (Wildman–Crippen LogP) is 3.35. The maximum Gasteiger partial charge on any atom is 0.120 e. The summed E-state index contributed by atoms with van der Waals surface area (Å²) in [7, 11) is 0. The third-order valence-electron chi connectivity index (χ3n) is 1.91. The number of rotatable bonds is 7.